The van der Waals surface area contributed by atoms with Gasteiger partial charge in [0.25, 0.3) is 5.91 Å². The third kappa shape index (κ3) is 4.08. The Balaban J connectivity index is 1.99. The van der Waals surface area contributed by atoms with Gasteiger partial charge in [-0.3, -0.25) is 4.79 Å². The summed E-state index contributed by atoms with van der Waals surface area (Å²) in [6.45, 7) is 1.72. The molecule has 0 aromatic heterocycles. The summed E-state index contributed by atoms with van der Waals surface area (Å²) in [7, 11) is 0. The van der Waals surface area contributed by atoms with Crippen molar-refractivity contribution >= 4 is 43.5 Å². The topological polar surface area (TPSA) is 38.3 Å². The quantitative estimate of drug-likeness (QED) is 0.815. The fourth-order valence-corrected chi connectivity index (χ4v) is 2.20. The first-order valence-corrected chi connectivity index (χ1v) is 7.62. The molecule has 2 aromatic carbocycles. The Hall–Kier alpha value is -1.33. The van der Waals surface area contributed by atoms with Crippen LogP contribution in [0.15, 0.2) is 57.5 Å². The molecule has 0 saturated carbocycles. The normalized spacial score (nSPS) is 11.8. The molecular formula is C15H13Br2NO2. The molecule has 104 valence electrons. The maximum Gasteiger partial charge on any atom is 0.265 e. The van der Waals surface area contributed by atoms with Gasteiger partial charge in [0.15, 0.2) is 6.10 Å². The number of para-hydroxylation sites is 1. The Morgan fingerprint density at radius 3 is 2.40 bits per heavy atom. The number of anilines is 1. The molecule has 1 amide bonds. The monoisotopic (exact) mass is 397 g/mol. The Kier molecular flexibility index (Phi) is 5.20. The highest BCUT2D eigenvalue weighted by Gasteiger charge is 2.15. The molecule has 0 spiro atoms. The smallest absolute Gasteiger partial charge is 0.265 e. The van der Waals surface area contributed by atoms with E-state index in [1.807, 2.05) is 48.5 Å². The molecule has 0 radical (unpaired) electrons. The lowest BCUT2D eigenvalue weighted by molar-refractivity contribution is -0.122. The van der Waals surface area contributed by atoms with Gasteiger partial charge >= 0.3 is 0 Å². The SMILES string of the molecule is CC(Oc1ccccc1Br)C(=O)Nc1ccc(Br)cc1. The molecule has 1 unspecified atom stereocenters. The summed E-state index contributed by atoms with van der Waals surface area (Å²) in [5.41, 5.74) is 0.737. The molecule has 0 aliphatic carbocycles. The standard InChI is InChI=1S/C15H13Br2NO2/c1-10(20-14-5-3-2-4-13(14)17)15(19)18-12-8-6-11(16)7-9-12/h2-10H,1H3,(H,18,19). The van der Waals surface area contributed by atoms with E-state index in [4.69, 9.17) is 4.74 Å². The molecular weight excluding hydrogens is 386 g/mol. The van der Waals surface area contributed by atoms with Crippen LogP contribution in [0.5, 0.6) is 5.75 Å². The van der Waals surface area contributed by atoms with Crippen LogP contribution in [0.2, 0.25) is 0 Å². The van der Waals surface area contributed by atoms with E-state index in [2.05, 4.69) is 37.2 Å². The van der Waals surface area contributed by atoms with Crippen molar-refractivity contribution < 1.29 is 9.53 Å². The molecule has 0 aliphatic rings. The van der Waals surface area contributed by atoms with E-state index < -0.39 is 6.10 Å². The van der Waals surface area contributed by atoms with Gasteiger partial charge in [-0.15, -0.1) is 0 Å². The summed E-state index contributed by atoms with van der Waals surface area (Å²) in [6.07, 6.45) is -0.586. The third-order valence-electron chi connectivity index (χ3n) is 2.62. The predicted octanol–water partition coefficient (Wildman–Crippen LogP) is 4.62. The molecule has 3 nitrogen and oxygen atoms in total. The number of carbonyl (C=O) groups is 1. The number of nitrogens with one attached hydrogen (secondary N) is 1. The minimum absolute atomic E-state index is 0.192. The highest BCUT2D eigenvalue weighted by molar-refractivity contribution is 9.10. The third-order valence-corrected chi connectivity index (χ3v) is 3.81. The van der Waals surface area contributed by atoms with Crippen LogP contribution in [0.3, 0.4) is 0 Å². The molecule has 1 N–H and O–H groups in total. The first-order chi connectivity index (χ1) is 9.56. The fourth-order valence-electron chi connectivity index (χ4n) is 1.56. The van der Waals surface area contributed by atoms with Gasteiger partial charge in [-0.05, 0) is 59.3 Å². The number of halogens is 2. The summed E-state index contributed by atoms with van der Waals surface area (Å²) >= 11 is 6.74. The van der Waals surface area contributed by atoms with Crippen LogP contribution in [0.1, 0.15) is 6.92 Å². The minimum Gasteiger partial charge on any atom is -0.480 e. The van der Waals surface area contributed by atoms with Gasteiger partial charge in [-0.2, -0.15) is 0 Å². The van der Waals surface area contributed by atoms with Crippen LogP contribution in [0.25, 0.3) is 0 Å². The average Bonchev–Trinajstić information content (AvgIpc) is 2.44. The van der Waals surface area contributed by atoms with E-state index in [9.17, 15) is 4.79 Å². The van der Waals surface area contributed by atoms with Gasteiger partial charge in [-0.25, -0.2) is 0 Å². The van der Waals surface area contributed by atoms with Crippen LogP contribution in [-0.4, -0.2) is 12.0 Å². The average molecular weight is 399 g/mol. The number of amides is 1. The van der Waals surface area contributed by atoms with Gasteiger partial charge in [0, 0.05) is 10.2 Å². The number of benzene rings is 2. The molecule has 1 atom stereocenters. The Bertz CT molecular complexity index is 599. The van der Waals surface area contributed by atoms with E-state index in [-0.39, 0.29) is 5.91 Å². The second-order valence-electron chi connectivity index (χ2n) is 4.19. The minimum atomic E-state index is -0.586. The highest BCUT2D eigenvalue weighted by atomic mass is 79.9. The highest BCUT2D eigenvalue weighted by Crippen LogP contribution is 2.25. The van der Waals surface area contributed by atoms with Crippen molar-refractivity contribution in [1.29, 1.82) is 0 Å². The number of hydrogen-bond donors (Lipinski definition) is 1. The van der Waals surface area contributed by atoms with E-state index in [0.717, 1.165) is 14.6 Å². The zero-order chi connectivity index (χ0) is 14.5. The number of ether oxygens (including phenoxy) is 1. The van der Waals surface area contributed by atoms with Crippen molar-refractivity contribution in [3.63, 3.8) is 0 Å². The predicted molar refractivity (Wildman–Crippen MR) is 87.0 cm³/mol. The summed E-state index contributed by atoms with van der Waals surface area (Å²) in [6, 6.07) is 14.8. The van der Waals surface area contributed by atoms with E-state index in [0.29, 0.717) is 5.75 Å². The zero-order valence-corrected chi connectivity index (χ0v) is 13.9. The van der Waals surface area contributed by atoms with Crippen molar-refractivity contribution in [2.24, 2.45) is 0 Å². The van der Waals surface area contributed by atoms with Crippen molar-refractivity contribution in [3.8, 4) is 5.75 Å². The van der Waals surface area contributed by atoms with Crippen LogP contribution in [0, 0.1) is 0 Å². The summed E-state index contributed by atoms with van der Waals surface area (Å²) in [4.78, 5) is 12.0. The van der Waals surface area contributed by atoms with E-state index in [1.165, 1.54) is 0 Å². The van der Waals surface area contributed by atoms with E-state index in [1.54, 1.807) is 6.92 Å². The molecule has 5 heteroatoms. The van der Waals surface area contributed by atoms with Crippen LogP contribution < -0.4 is 10.1 Å². The first-order valence-electron chi connectivity index (χ1n) is 6.04. The molecule has 2 aromatic rings. The van der Waals surface area contributed by atoms with Gasteiger partial charge in [0.05, 0.1) is 4.47 Å². The Morgan fingerprint density at radius 2 is 1.75 bits per heavy atom. The molecule has 0 saturated heterocycles. The number of rotatable bonds is 4. The maximum atomic E-state index is 12.0. The maximum absolute atomic E-state index is 12.0. The van der Waals surface area contributed by atoms with Gasteiger partial charge in [0.1, 0.15) is 5.75 Å². The second kappa shape index (κ2) is 6.90. The van der Waals surface area contributed by atoms with Crippen LogP contribution in [0.4, 0.5) is 5.69 Å². The molecule has 0 fully saturated rings. The lowest BCUT2D eigenvalue weighted by Gasteiger charge is -2.15. The van der Waals surface area contributed by atoms with Gasteiger partial charge in [0.2, 0.25) is 0 Å². The summed E-state index contributed by atoms with van der Waals surface area (Å²) < 4.78 is 7.42. The first kappa shape index (κ1) is 15.1. The Labute approximate surface area is 134 Å². The lowest BCUT2D eigenvalue weighted by Crippen LogP contribution is -2.30. The summed E-state index contributed by atoms with van der Waals surface area (Å²) in [5.74, 6) is 0.453. The summed E-state index contributed by atoms with van der Waals surface area (Å²) in [5, 5.41) is 2.81. The van der Waals surface area contributed by atoms with Crippen LogP contribution in [-0.2, 0) is 4.79 Å². The number of hydrogen-bond acceptors (Lipinski definition) is 2. The van der Waals surface area contributed by atoms with E-state index >= 15 is 0 Å². The second-order valence-corrected chi connectivity index (χ2v) is 5.96. The largest absolute Gasteiger partial charge is 0.480 e. The fraction of sp³-hybridized carbons (Fsp3) is 0.133. The van der Waals surface area contributed by atoms with Crippen LogP contribution >= 0.6 is 31.9 Å². The lowest BCUT2D eigenvalue weighted by atomic mass is 10.3. The Morgan fingerprint density at radius 1 is 1.10 bits per heavy atom. The molecule has 2 rings (SSSR count). The zero-order valence-electron chi connectivity index (χ0n) is 10.8. The van der Waals surface area contributed by atoms with Gasteiger partial charge < -0.3 is 10.1 Å². The van der Waals surface area contributed by atoms with Crippen molar-refractivity contribution in [3.05, 3.63) is 57.5 Å². The molecule has 0 heterocycles. The van der Waals surface area contributed by atoms with Gasteiger partial charge in [-0.1, -0.05) is 28.1 Å². The van der Waals surface area contributed by atoms with Crippen molar-refractivity contribution in [2.75, 3.05) is 5.32 Å². The van der Waals surface area contributed by atoms with Crippen molar-refractivity contribution in [2.45, 2.75) is 13.0 Å². The molecule has 20 heavy (non-hydrogen) atoms. The van der Waals surface area contributed by atoms with Crippen molar-refractivity contribution in [1.82, 2.24) is 0 Å². The molecule has 0 bridgehead atoms. The molecule has 0 aliphatic heterocycles. The number of carbonyl (C=O) groups excluding carboxylic acids is 1.